The summed E-state index contributed by atoms with van der Waals surface area (Å²) in [7, 11) is -1.91. The first kappa shape index (κ1) is 21.0. The number of rotatable bonds is 5. The molecule has 0 saturated heterocycles. The van der Waals surface area contributed by atoms with Gasteiger partial charge in [-0.05, 0) is 42.5 Å². The molecule has 31 heavy (non-hydrogen) atoms. The molecule has 0 fully saturated rings. The van der Waals surface area contributed by atoms with Gasteiger partial charge >= 0.3 is 0 Å². The Morgan fingerprint density at radius 2 is 1.84 bits per heavy atom. The van der Waals surface area contributed by atoms with Gasteiger partial charge in [0.2, 0.25) is 10.0 Å². The van der Waals surface area contributed by atoms with Crippen molar-refractivity contribution in [3.05, 3.63) is 76.1 Å². The predicted octanol–water partition coefficient (Wildman–Crippen LogP) is 4.49. The van der Waals surface area contributed by atoms with Crippen molar-refractivity contribution in [2.45, 2.75) is 0 Å². The highest BCUT2D eigenvalue weighted by Gasteiger charge is 2.17. The van der Waals surface area contributed by atoms with E-state index in [2.05, 4.69) is 9.71 Å². The molecule has 0 saturated carbocycles. The average molecular weight is 462 g/mol. The Bertz CT molecular complexity index is 1480. The normalized spacial score (nSPS) is 11.6. The van der Waals surface area contributed by atoms with Crippen molar-refractivity contribution in [2.75, 3.05) is 11.0 Å². The number of H-pyrrole nitrogens is 1. The summed E-state index contributed by atoms with van der Waals surface area (Å²) in [5, 5.41) is 0.714. The van der Waals surface area contributed by atoms with Crippen LogP contribution in [-0.2, 0) is 17.1 Å². The van der Waals surface area contributed by atoms with E-state index >= 15 is 0 Å². The molecule has 4 aromatic rings. The fourth-order valence-corrected chi connectivity index (χ4v) is 4.03. The Balaban J connectivity index is 1.94. The van der Waals surface area contributed by atoms with Crippen molar-refractivity contribution in [3.8, 4) is 22.6 Å². The summed E-state index contributed by atoms with van der Waals surface area (Å²) in [5.74, 6) is 0.0642. The van der Waals surface area contributed by atoms with Gasteiger partial charge in [0.1, 0.15) is 22.8 Å². The molecule has 0 amide bonds. The summed E-state index contributed by atoms with van der Waals surface area (Å²) in [5.41, 5.74) is 1.64. The maximum Gasteiger partial charge on any atom is 0.274 e. The standard InChI is InChI=1S/C21H17ClFN3O4S/c1-26-11-16(14-7-8-24-20(14)21(26)27)15-10-13(25-31(2,28)29)4-6-18(15)30-19-5-3-12(23)9-17(19)22/h3-11,24-25H,1-2H3. The topological polar surface area (TPSA) is 93.2 Å². The Morgan fingerprint density at radius 3 is 2.55 bits per heavy atom. The second kappa shape index (κ2) is 7.75. The number of hydrogen-bond acceptors (Lipinski definition) is 4. The lowest BCUT2D eigenvalue weighted by Gasteiger charge is -2.16. The molecule has 0 aliphatic heterocycles. The van der Waals surface area contributed by atoms with E-state index in [-0.39, 0.29) is 16.3 Å². The van der Waals surface area contributed by atoms with Crippen molar-refractivity contribution in [2.24, 2.45) is 7.05 Å². The van der Waals surface area contributed by atoms with Gasteiger partial charge < -0.3 is 14.3 Å². The zero-order valence-corrected chi connectivity index (χ0v) is 18.0. The first-order valence-corrected chi connectivity index (χ1v) is 11.3. The highest BCUT2D eigenvalue weighted by atomic mass is 35.5. The molecular weight excluding hydrogens is 445 g/mol. The van der Waals surface area contributed by atoms with E-state index < -0.39 is 15.8 Å². The molecule has 7 nitrogen and oxygen atoms in total. The lowest BCUT2D eigenvalue weighted by molar-refractivity contribution is 0.482. The maximum atomic E-state index is 13.4. The molecule has 4 rings (SSSR count). The Hall–Kier alpha value is -3.30. The van der Waals surface area contributed by atoms with Crippen LogP contribution in [0.2, 0.25) is 5.02 Å². The van der Waals surface area contributed by atoms with Gasteiger partial charge in [-0.2, -0.15) is 0 Å². The number of nitrogens with zero attached hydrogens (tertiary/aromatic N) is 1. The first-order valence-electron chi connectivity index (χ1n) is 9.04. The first-order chi connectivity index (χ1) is 14.6. The molecule has 10 heteroatoms. The third-order valence-electron chi connectivity index (χ3n) is 4.58. The van der Waals surface area contributed by atoms with Crippen LogP contribution in [-0.4, -0.2) is 24.2 Å². The van der Waals surface area contributed by atoms with Gasteiger partial charge in [-0.1, -0.05) is 11.6 Å². The van der Waals surface area contributed by atoms with Crippen LogP contribution in [0.3, 0.4) is 0 Å². The van der Waals surface area contributed by atoms with Crippen LogP contribution in [0.1, 0.15) is 0 Å². The molecular formula is C21H17ClFN3O4S. The summed E-state index contributed by atoms with van der Waals surface area (Å²) in [6.07, 6.45) is 4.33. The Labute approximate surface area is 182 Å². The van der Waals surface area contributed by atoms with Crippen molar-refractivity contribution >= 4 is 38.2 Å². The Morgan fingerprint density at radius 1 is 1.10 bits per heavy atom. The summed E-state index contributed by atoms with van der Waals surface area (Å²) < 4.78 is 46.7. The quantitative estimate of drug-likeness (QED) is 0.458. The van der Waals surface area contributed by atoms with Gasteiger partial charge in [0.15, 0.2) is 0 Å². The minimum atomic E-state index is -3.52. The second-order valence-electron chi connectivity index (χ2n) is 6.99. The third-order valence-corrected chi connectivity index (χ3v) is 5.48. The number of hydrogen-bond donors (Lipinski definition) is 2. The van der Waals surface area contributed by atoms with Crippen molar-refractivity contribution in [1.82, 2.24) is 9.55 Å². The molecule has 2 aromatic heterocycles. The number of anilines is 1. The van der Waals surface area contributed by atoms with Crippen molar-refractivity contribution in [3.63, 3.8) is 0 Å². The van der Waals surface area contributed by atoms with Crippen LogP contribution in [0, 0.1) is 5.82 Å². The predicted molar refractivity (Wildman–Crippen MR) is 119 cm³/mol. The molecule has 0 unspecified atom stereocenters. The van der Waals surface area contributed by atoms with Gasteiger partial charge in [-0.25, -0.2) is 12.8 Å². The van der Waals surface area contributed by atoms with E-state index in [1.54, 1.807) is 37.6 Å². The summed E-state index contributed by atoms with van der Waals surface area (Å²) in [6, 6.07) is 10.2. The lowest BCUT2D eigenvalue weighted by atomic mass is 10.0. The van der Waals surface area contributed by atoms with Gasteiger partial charge in [0.05, 0.1) is 11.3 Å². The zero-order valence-electron chi connectivity index (χ0n) is 16.4. The molecule has 0 aliphatic rings. The monoisotopic (exact) mass is 461 g/mol. The smallest absolute Gasteiger partial charge is 0.274 e. The van der Waals surface area contributed by atoms with Gasteiger partial charge in [-0.15, -0.1) is 0 Å². The van der Waals surface area contributed by atoms with Gasteiger partial charge in [0, 0.05) is 41.6 Å². The lowest BCUT2D eigenvalue weighted by Crippen LogP contribution is -2.16. The number of aromatic nitrogens is 2. The molecule has 0 radical (unpaired) electrons. The average Bonchev–Trinajstić information content (AvgIpc) is 3.17. The van der Waals surface area contributed by atoms with Crippen LogP contribution in [0.5, 0.6) is 11.5 Å². The number of aromatic amines is 1. The van der Waals surface area contributed by atoms with E-state index in [9.17, 15) is 17.6 Å². The zero-order chi connectivity index (χ0) is 22.3. The molecule has 2 heterocycles. The summed E-state index contributed by atoms with van der Waals surface area (Å²) in [4.78, 5) is 15.4. The largest absolute Gasteiger partial charge is 0.455 e. The van der Waals surface area contributed by atoms with E-state index in [4.69, 9.17) is 16.3 Å². The van der Waals surface area contributed by atoms with E-state index in [0.717, 1.165) is 12.3 Å². The molecule has 160 valence electrons. The number of pyridine rings is 1. The SMILES string of the molecule is Cn1cc(-c2cc(NS(C)(=O)=O)ccc2Oc2ccc(F)cc2Cl)c2cc[nH]c2c1=O. The molecule has 2 aromatic carbocycles. The Kier molecular flexibility index (Phi) is 5.24. The van der Waals surface area contributed by atoms with Gasteiger partial charge in [0.25, 0.3) is 5.56 Å². The van der Waals surface area contributed by atoms with Crippen LogP contribution < -0.4 is 15.0 Å². The number of ether oxygens (including phenoxy) is 1. The van der Waals surface area contributed by atoms with E-state index in [1.807, 2.05) is 0 Å². The highest BCUT2D eigenvalue weighted by molar-refractivity contribution is 7.92. The number of benzene rings is 2. The number of fused-ring (bicyclic) bond motifs is 1. The third kappa shape index (κ3) is 4.28. The second-order valence-corrected chi connectivity index (χ2v) is 9.14. The van der Waals surface area contributed by atoms with Crippen LogP contribution >= 0.6 is 11.6 Å². The number of halogens is 2. The molecule has 0 spiro atoms. The number of nitrogens with one attached hydrogen (secondary N) is 2. The minimum Gasteiger partial charge on any atom is -0.455 e. The van der Waals surface area contributed by atoms with Crippen molar-refractivity contribution < 1.29 is 17.5 Å². The number of sulfonamides is 1. The van der Waals surface area contributed by atoms with Gasteiger partial charge in [-0.3, -0.25) is 9.52 Å². The highest BCUT2D eigenvalue weighted by Crippen LogP contribution is 2.40. The van der Waals surface area contributed by atoms with Crippen LogP contribution in [0.4, 0.5) is 10.1 Å². The minimum absolute atomic E-state index is 0.0801. The van der Waals surface area contributed by atoms with Crippen molar-refractivity contribution in [1.29, 1.82) is 0 Å². The maximum absolute atomic E-state index is 13.4. The summed E-state index contributed by atoms with van der Waals surface area (Å²) >= 11 is 6.11. The molecule has 0 bridgehead atoms. The van der Waals surface area contributed by atoms with E-state index in [1.165, 1.54) is 22.8 Å². The molecule has 2 N–H and O–H groups in total. The molecule has 0 aliphatic carbocycles. The molecule has 0 atom stereocenters. The van der Waals surface area contributed by atoms with Crippen LogP contribution in [0.25, 0.3) is 22.0 Å². The van der Waals surface area contributed by atoms with Crippen LogP contribution in [0.15, 0.2) is 59.7 Å². The number of aryl methyl sites for hydroxylation is 1. The van der Waals surface area contributed by atoms with E-state index in [0.29, 0.717) is 33.5 Å². The fourth-order valence-electron chi connectivity index (χ4n) is 3.27. The fraction of sp³-hybridized carbons (Fsp3) is 0.0952. The summed E-state index contributed by atoms with van der Waals surface area (Å²) in [6.45, 7) is 0.